The number of likely N-dealkylation sites (tertiary alicyclic amines) is 1. The number of hydrogen-bond donors (Lipinski definition) is 1. The fraction of sp³-hybridized carbons (Fsp3) is 0.706. The highest BCUT2D eigenvalue weighted by atomic mass is 32.1. The van der Waals surface area contributed by atoms with Crippen LogP contribution in [-0.4, -0.2) is 48.1 Å². The van der Waals surface area contributed by atoms with Gasteiger partial charge in [0.05, 0.1) is 17.3 Å². The van der Waals surface area contributed by atoms with E-state index in [1.165, 1.54) is 5.01 Å². The molecule has 7 heteroatoms. The van der Waals surface area contributed by atoms with Crippen molar-refractivity contribution in [2.75, 3.05) is 26.2 Å². The Bertz CT molecular complexity index is 572. The minimum atomic E-state index is -0.404. The van der Waals surface area contributed by atoms with Crippen LogP contribution in [0.2, 0.25) is 0 Å². The average Bonchev–Trinajstić information content (AvgIpc) is 3.03. The maximum atomic E-state index is 12.1. The topological polar surface area (TPSA) is 71.5 Å². The molecule has 134 valence electrons. The Morgan fingerprint density at radius 2 is 2.04 bits per heavy atom. The molecular formula is C17H27N3O3S. The normalized spacial score (nSPS) is 16.1. The summed E-state index contributed by atoms with van der Waals surface area (Å²) >= 11 is 1.72. The number of aromatic nitrogens is 1. The molecule has 2 amide bonds. The van der Waals surface area contributed by atoms with Crippen molar-refractivity contribution < 1.29 is 14.3 Å². The number of piperidine rings is 1. The Morgan fingerprint density at radius 3 is 2.58 bits per heavy atom. The molecule has 0 aromatic carbocycles. The predicted molar refractivity (Wildman–Crippen MR) is 94.4 cm³/mol. The van der Waals surface area contributed by atoms with Gasteiger partial charge in [0.15, 0.2) is 0 Å². The average molecular weight is 353 g/mol. The van der Waals surface area contributed by atoms with E-state index in [1.807, 2.05) is 0 Å². The second-order valence-corrected chi connectivity index (χ2v) is 7.94. The van der Waals surface area contributed by atoms with Crippen LogP contribution < -0.4 is 5.32 Å². The minimum absolute atomic E-state index is 0.0719. The molecule has 1 aliphatic rings. The van der Waals surface area contributed by atoms with E-state index < -0.39 is 5.97 Å². The van der Waals surface area contributed by atoms with Crippen LogP contribution in [0, 0.1) is 0 Å². The molecule has 0 bridgehead atoms. The van der Waals surface area contributed by atoms with E-state index in [1.54, 1.807) is 23.2 Å². The third kappa shape index (κ3) is 4.93. The lowest BCUT2D eigenvalue weighted by atomic mass is 9.93. The second kappa shape index (κ2) is 7.96. The first kappa shape index (κ1) is 18.7. The Balaban J connectivity index is 1.81. The number of ether oxygens (including phenoxy) is 1. The van der Waals surface area contributed by atoms with Gasteiger partial charge in [-0.3, -0.25) is 4.79 Å². The van der Waals surface area contributed by atoms with Gasteiger partial charge in [0.1, 0.15) is 6.54 Å². The highest BCUT2D eigenvalue weighted by Crippen LogP contribution is 2.33. The van der Waals surface area contributed by atoms with Gasteiger partial charge in [-0.05, 0) is 19.8 Å². The van der Waals surface area contributed by atoms with Crippen LogP contribution >= 0.6 is 11.3 Å². The van der Waals surface area contributed by atoms with E-state index in [2.05, 4.69) is 31.5 Å². The van der Waals surface area contributed by atoms with Crippen LogP contribution in [0.4, 0.5) is 4.79 Å². The maximum Gasteiger partial charge on any atom is 0.325 e. The van der Waals surface area contributed by atoms with E-state index in [4.69, 9.17) is 9.72 Å². The predicted octanol–water partition coefficient (Wildman–Crippen LogP) is 2.89. The first-order chi connectivity index (χ1) is 11.3. The van der Waals surface area contributed by atoms with Crippen LogP contribution in [0.25, 0.3) is 0 Å². The number of esters is 1. The highest BCUT2D eigenvalue weighted by Gasteiger charge is 2.27. The van der Waals surface area contributed by atoms with Gasteiger partial charge in [-0.15, -0.1) is 11.3 Å². The number of nitrogens with zero attached hydrogens (tertiary/aromatic N) is 2. The standard InChI is InChI=1S/C17H27N3O3S/c1-5-23-14(21)10-18-16(22)20-8-6-12(7-9-20)15-19-13(11-24-15)17(2,3)4/h11-12H,5-10H2,1-4H3,(H,18,22). The summed E-state index contributed by atoms with van der Waals surface area (Å²) in [7, 11) is 0. The number of thiazole rings is 1. The molecule has 0 spiro atoms. The summed E-state index contributed by atoms with van der Waals surface area (Å²) in [5, 5.41) is 5.93. The number of amides is 2. The van der Waals surface area contributed by atoms with Crippen molar-refractivity contribution in [2.45, 2.75) is 51.9 Å². The van der Waals surface area contributed by atoms with Crippen molar-refractivity contribution in [1.82, 2.24) is 15.2 Å². The van der Waals surface area contributed by atoms with Crippen molar-refractivity contribution in [2.24, 2.45) is 0 Å². The number of hydrogen-bond acceptors (Lipinski definition) is 5. The lowest BCUT2D eigenvalue weighted by molar-refractivity contribution is -0.141. The molecule has 0 unspecified atom stereocenters. The van der Waals surface area contributed by atoms with Crippen molar-refractivity contribution >= 4 is 23.3 Å². The van der Waals surface area contributed by atoms with Crippen LogP contribution in [0.15, 0.2) is 5.38 Å². The highest BCUT2D eigenvalue weighted by molar-refractivity contribution is 7.09. The molecule has 2 rings (SSSR count). The number of rotatable bonds is 4. The SMILES string of the molecule is CCOC(=O)CNC(=O)N1CCC(c2nc(C(C)(C)C)cs2)CC1. The molecule has 0 atom stereocenters. The zero-order chi connectivity index (χ0) is 17.7. The fourth-order valence-corrected chi connectivity index (χ4v) is 3.84. The van der Waals surface area contributed by atoms with Gasteiger partial charge in [-0.25, -0.2) is 9.78 Å². The Kier molecular flexibility index (Phi) is 6.21. The fourth-order valence-electron chi connectivity index (χ4n) is 2.62. The Labute approximate surface area is 147 Å². The first-order valence-electron chi connectivity index (χ1n) is 8.45. The van der Waals surface area contributed by atoms with Crippen LogP contribution in [0.3, 0.4) is 0 Å². The summed E-state index contributed by atoms with van der Waals surface area (Å²) in [4.78, 5) is 29.9. The molecule has 0 saturated carbocycles. The summed E-state index contributed by atoms with van der Waals surface area (Å²) in [5.41, 5.74) is 1.21. The molecule has 6 nitrogen and oxygen atoms in total. The molecule has 1 N–H and O–H groups in total. The van der Waals surface area contributed by atoms with E-state index in [-0.39, 0.29) is 18.0 Å². The van der Waals surface area contributed by atoms with Gasteiger partial charge in [0, 0.05) is 29.8 Å². The number of urea groups is 1. The van der Waals surface area contributed by atoms with Crippen LogP contribution in [0.5, 0.6) is 0 Å². The van der Waals surface area contributed by atoms with Gasteiger partial charge in [0.2, 0.25) is 0 Å². The van der Waals surface area contributed by atoms with E-state index in [0.29, 0.717) is 25.6 Å². The van der Waals surface area contributed by atoms with E-state index in [0.717, 1.165) is 18.5 Å². The quantitative estimate of drug-likeness (QED) is 0.845. The molecule has 1 saturated heterocycles. The summed E-state index contributed by atoms with van der Waals surface area (Å²) in [6.45, 7) is 9.87. The summed E-state index contributed by atoms with van der Waals surface area (Å²) in [6.07, 6.45) is 1.81. The largest absolute Gasteiger partial charge is 0.465 e. The molecule has 2 heterocycles. The summed E-state index contributed by atoms with van der Waals surface area (Å²) < 4.78 is 4.81. The molecule has 1 aromatic rings. The number of carbonyl (C=O) groups excluding carboxylic acids is 2. The van der Waals surface area contributed by atoms with Crippen LogP contribution in [0.1, 0.15) is 57.2 Å². The van der Waals surface area contributed by atoms with Gasteiger partial charge in [-0.2, -0.15) is 0 Å². The summed E-state index contributed by atoms with van der Waals surface area (Å²) in [6, 6.07) is -0.198. The second-order valence-electron chi connectivity index (χ2n) is 7.05. The minimum Gasteiger partial charge on any atom is -0.465 e. The Hall–Kier alpha value is -1.63. The molecule has 1 aromatic heterocycles. The van der Waals surface area contributed by atoms with Gasteiger partial charge in [0.25, 0.3) is 0 Å². The lowest BCUT2D eigenvalue weighted by Crippen LogP contribution is -2.45. The molecular weight excluding hydrogens is 326 g/mol. The van der Waals surface area contributed by atoms with Gasteiger partial charge in [-0.1, -0.05) is 20.8 Å². The van der Waals surface area contributed by atoms with Crippen molar-refractivity contribution in [3.05, 3.63) is 16.1 Å². The Morgan fingerprint density at radius 1 is 1.38 bits per heavy atom. The molecule has 1 aliphatic heterocycles. The molecule has 0 aliphatic carbocycles. The van der Waals surface area contributed by atoms with Gasteiger partial charge >= 0.3 is 12.0 Å². The molecule has 0 radical (unpaired) electrons. The summed E-state index contributed by atoms with van der Waals surface area (Å²) in [5.74, 6) is 0.0124. The monoisotopic (exact) mass is 353 g/mol. The van der Waals surface area contributed by atoms with Crippen molar-refractivity contribution in [3.8, 4) is 0 Å². The van der Waals surface area contributed by atoms with Gasteiger partial charge < -0.3 is 15.0 Å². The van der Waals surface area contributed by atoms with E-state index in [9.17, 15) is 9.59 Å². The van der Waals surface area contributed by atoms with E-state index >= 15 is 0 Å². The third-order valence-corrected chi connectivity index (χ3v) is 5.12. The van der Waals surface area contributed by atoms with Crippen molar-refractivity contribution in [3.63, 3.8) is 0 Å². The maximum absolute atomic E-state index is 12.1. The molecule has 1 fully saturated rings. The van der Waals surface area contributed by atoms with Crippen molar-refractivity contribution in [1.29, 1.82) is 0 Å². The number of nitrogens with one attached hydrogen (secondary N) is 1. The smallest absolute Gasteiger partial charge is 0.325 e. The number of carbonyl (C=O) groups is 2. The first-order valence-corrected chi connectivity index (χ1v) is 9.33. The molecule has 24 heavy (non-hydrogen) atoms. The zero-order valence-corrected chi connectivity index (χ0v) is 15.7. The third-order valence-electron chi connectivity index (χ3n) is 4.11. The zero-order valence-electron chi connectivity index (χ0n) is 14.9. The van der Waals surface area contributed by atoms with Crippen LogP contribution in [-0.2, 0) is 14.9 Å². The lowest BCUT2D eigenvalue weighted by Gasteiger charge is -2.31.